The van der Waals surface area contributed by atoms with Crippen LogP contribution in [0.25, 0.3) is 0 Å². The molecule has 0 bridgehead atoms. The minimum Gasteiger partial charge on any atom is -0.270 e. The number of sulfonamides is 2. The number of hydrogen-bond donors (Lipinski definition) is 1. The summed E-state index contributed by atoms with van der Waals surface area (Å²) in [6, 6.07) is 10.5. The molecule has 3 rings (SSSR count). The van der Waals surface area contributed by atoms with Crippen LogP contribution in [0.2, 0.25) is 0 Å². The fourth-order valence-electron chi connectivity index (χ4n) is 2.53. The van der Waals surface area contributed by atoms with E-state index in [9.17, 15) is 16.8 Å². The van der Waals surface area contributed by atoms with Crippen LogP contribution in [0, 0.1) is 0 Å². The lowest BCUT2D eigenvalue weighted by molar-refractivity contribution is 0.581. The molecule has 0 saturated heterocycles. The Labute approximate surface area is 153 Å². The lowest BCUT2D eigenvalue weighted by Gasteiger charge is -2.19. The molecule has 0 unspecified atom stereocenters. The first-order valence-electron chi connectivity index (χ1n) is 7.13. The van der Waals surface area contributed by atoms with E-state index in [1.165, 1.54) is 10.4 Å². The van der Waals surface area contributed by atoms with Crippen LogP contribution in [0.15, 0.2) is 44.4 Å². The summed E-state index contributed by atoms with van der Waals surface area (Å²) in [7, 11) is -7.26. The van der Waals surface area contributed by atoms with Gasteiger partial charge in [0.1, 0.15) is 4.21 Å². The molecule has 0 aliphatic carbocycles. The van der Waals surface area contributed by atoms with E-state index in [1.807, 2.05) is 12.1 Å². The van der Waals surface area contributed by atoms with Crippen LogP contribution < -0.4 is 9.03 Å². The van der Waals surface area contributed by atoms with Gasteiger partial charge in [0.25, 0.3) is 0 Å². The van der Waals surface area contributed by atoms with Crippen molar-refractivity contribution in [2.24, 2.45) is 0 Å². The van der Waals surface area contributed by atoms with E-state index in [2.05, 4.69) is 20.7 Å². The molecule has 0 fully saturated rings. The van der Waals surface area contributed by atoms with E-state index in [0.29, 0.717) is 22.4 Å². The van der Waals surface area contributed by atoms with Crippen LogP contribution in [-0.2, 0) is 26.5 Å². The summed E-state index contributed by atoms with van der Waals surface area (Å²) in [4.78, 5) is 0. The van der Waals surface area contributed by atoms with Gasteiger partial charge in [-0.1, -0.05) is 18.2 Å². The molecule has 1 aromatic heterocycles. The van der Waals surface area contributed by atoms with Crippen LogP contribution >= 0.6 is 27.3 Å². The lowest BCUT2D eigenvalue weighted by Crippen LogP contribution is -2.36. The number of para-hydroxylation sites is 1. The number of nitrogens with one attached hydrogen (secondary N) is 1. The van der Waals surface area contributed by atoms with Crippen molar-refractivity contribution in [3.8, 4) is 0 Å². The average molecular weight is 451 g/mol. The van der Waals surface area contributed by atoms with Gasteiger partial charge < -0.3 is 0 Å². The second-order valence-electron chi connectivity index (χ2n) is 5.22. The third-order valence-corrected chi connectivity index (χ3v) is 8.99. The molecule has 130 valence electrons. The SMILES string of the molecule is O=S(=O)(NCCS(=O)(=O)N1CCc2ccccc21)c1ccc(Br)s1. The highest BCUT2D eigenvalue weighted by Gasteiger charge is 2.29. The second kappa shape index (κ2) is 6.75. The molecular formula is C14H15BrN2O4S3. The molecule has 10 heteroatoms. The van der Waals surface area contributed by atoms with Crippen molar-refractivity contribution in [3.05, 3.63) is 45.7 Å². The van der Waals surface area contributed by atoms with Crippen molar-refractivity contribution >= 4 is 53.0 Å². The van der Waals surface area contributed by atoms with Crippen LogP contribution in [0.4, 0.5) is 5.69 Å². The highest BCUT2D eigenvalue weighted by molar-refractivity contribution is 9.11. The topological polar surface area (TPSA) is 83.5 Å². The fourth-order valence-corrected chi connectivity index (χ4v) is 7.17. The Hall–Kier alpha value is -0.940. The summed E-state index contributed by atoms with van der Waals surface area (Å²) in [5.74, 6) is -0.285. The van der Waals surface area contributed by atoms with E-state index < -0.39 is 20.0 Å². The quantitative estimate of drug-likeness (QED) is 0.730. The third kappa shape index (κ3) is 3.67. The average Bonchev–Trinajstić information content (AvgIpc) is 3.13. The normalized spacial score (nSPS) is 14.8. The first kappa shape index (κ1) is 17.9. The van der Waals surface area contributed by atoms with Gasteiger partial charge in [0.15, 0.2) is 0 Å². The molecule has 1 N–H and O–H groups in total. The van der Waals surface area contributed by atoms with Gasteiger partial charge in [0, 0.05) is 13.1 Å². The van der Waals surface area contributed by atoms with E-state index in [4.69, 9.17) is 0 Å². The zero-order chi connectivity index (χ0) is 17.4. The van der Waals surface area contributed by atoms with Crippen molar-refractivity contribution in [1.29, 1.82) is 0 Å². The smallest absolute Gasteiger partial charge is 0.250 e. The number of nitrogens with zero attached hydrogens (tertiary/aromatic N) is 1. The number of benzene rings is 1. The largest absolute Gasteiger partial charge is 0.270 e. The van der Waals surface area contributed by atoms with Gasteiger partial charge >= 0.3 is 0 Å². The number of halogens is 1. The molecule has 1 aliphatic heterocycles. The molecule has 0 radical (unpaired) electrons. The Bertz CT molecular complexity index is 954. The van der Waals surface area contributed by atoms with Crippen molar-refractivity contribution < 1.29 is 16.8 Å². The highest BCUT2D eigenvalue weighted by atomic mass is 79.9. The Morgan fingerprint density at radius 1 is 1.12 bits per heavy atom. The molecule has 24 heavy (non-hydrogen) atoms. The van der Waals surface area contributed by atoms with E-state index in [0.717, 1.165) is 16.9 Å². The van der Waals surface area contributed by atoms with Crippen molar-refractivity contribution in [2.75, 3.05) is 23.1 Å². The Balaban J connectivity index is 1.66. The van der Waals surface area contributed by atoms with Crippen molar-refractivity contribution in [1.82, 2.24) is 4.72 Å². The summed E-state index contributed by atoms with van der Waals surface area (Å²) >= 11 is 4.28. The minimum atomic E-state index is -3.69. The third-order valence-electron chi connectivity index (χ3n) is 3.65. The minimum absolute atomic E-state index is 0.151. The van der Waals surface area contributed by atoms with E-state index >= 15 is 0 Å². The van der Waals surface area contributed by atoms with Crippen molar-refractivity contribution in [3.63, 3.8) is 0 Å². The van der Waals surface area contributed by atoms with Crippen LogP contribution in [0.1, 0.15) is 5.56 Å². The zero-order valence-electron chi connectivity index (χ0n) is 12.5. The maximum absolute atomic E-state index is 12.5. The number of anilines is 1. The summed E-state index contributed by atoms with van der Waals surface area (Å²) in [5.41, 5.74) is 1.67. The molecule has 2 heterocycles. The predicted molar refractivity (Wildman–Crippen MR) is 98.5 cm³/mol. The molecule has 0 amide bonds. The Kier molecular flexibility index (Phi) is 5.03. The molecule has 0 atom stereocenters. The van der Waals surface area contributed by atoms with Gasteiger partial charge in [-0.25, -0.2) is 21.6 Å². The standard InChI is InChI=1S/C14H15BrN2O4S3/c15-13-5-6-14(22-13)24(20,21)16-8-10-23(18,19)17-9-7-11-3-1-2-4-12(11)17/h1-6,16H,7-10H2. The van der Waals surface area contributed by atoms with E-state index in [1.54, 1.807) is 18.2 Å². The zero-order valence-corrected chi connectivity index (χ0v) is 16.5. The van der Waals surface area contributed by atoms with Gasteiger partial charge in [0.2, 0.25) is 20.0 Å². The number of thiophene rings is 1. The first-order valence-corrected chi connectivity index (χ1v) is 11.8. The Morgan fingerprint density at radius 3 is 2.58 bits per heavy atom. The van der Waals surface area contributed by atoms with Gasteiger partial charge in [-0.15, -0.1) is 11.3 Å². The summed E-state index contributed by atoms with van der Waals surface area (Å²) < 4.78 is 53.8. The lowest BCUT2D eigenvalue weighted by atomic mass is 10.2. The van der Waals surface area contributed by atoms with Gasteiger partial charge in [-0.3, -0.25) is 4.31 Å². The summed E-state index contributed by atoms with van der Waals surface area (Å²) in [6.07, 6.45) is 0.671. The van der Waals surface area contributed by atoms with Gasteiger partial charge in [-0.2, -0.15) is 0 Å². The highest BCUT2D eigenvalue weighted by Crippen LogP contribution is 2.30. The van der Waals surface area contributed by atoms with Crippen molar-refractivity contribution in [2.45, 2.75) is 10.6 Å². The molecular weight excluding hydrogens is 436 g/mol. The maximum atomic E-state index is 12.5. The molecule has 2 aromatic rings. The summed E-state index contributed by atoms with van der Waals surface area (Å²) in [6.45, 7) is 0.227. The molecule has 0 spiro atoms. The van der Waals surface area contributed by atoms with Gasteiger partial charge in [-0.05, 0) is 46.1 Å². The number of hydrogen-bond acceptors (Lipinski definition) is 5. The van der Waals surface area contributed by atoms with Crippen LogP contribution in [0.3, 0.4) is 0 Å². The predicted octanol–water partition coefficient (Wildman–Crippen LogP) is 2.18. The summed E-state index contributed by atoms with van der Waals surface area (Å²) in [5, 5.41) is 0. The maximum Gasteiger partial charge on any atom is 0.250 e. The molecule has 6 nitrogen and oxygen atoms in total. The van der Waals surface area contributed by atoms with Crippen LogP contribution in [0.5, 0.6) is 0 Å². The molecule has 0 saturated carbocycles. The monoisotopic (exact) mass is 450 g/mol. The van der Waals surface area contributed by atoms with Gasteiger partial charge in [0.05, 0.1) is 15.2 Å². The first-order chi connectivity index (χ1) is 11.3. The molecule has 1 aliphatic rings. The second-order valence-corrected chi connectivity index (χ2v) is 11.7. The Morgan fingerprint density at radius 2 is 1.88 bits per heavy atom. The van der Waals surface area contributed by atoms with Crippen LogP contribution in [-0.4, -0.2) is 35.7 Å². The van der Waals surface area contributed by atoms with E-state index in [-0.39, 0.29) is 16.5 Å². The number of rotatable bonds is 6. The molecule has 1 aromatic carbocycles. The fraction of sp³-hybridized carbons (Fsp3) is 0.286. The number of fused-ring (bicyclic) bond motifs is 1.